The molecule has 3 nitrogen and oxygen atoms in total. The quantitative estimate of drug-likeness (QED) is 0.742. The fraction of sp³-hybridized carbons (Fsp3) is 0.500. The Morgan fingerprint density at radius 1 is 1.40 bits per heavy atom. The molecule has 0 fully saturated rings. The predicted molar refractivity (Wildman–Crippen MR) is 92.6 cm³/mol. The molecule has 6 heteroatoms. The molecule has 0 aliphatic rings. The Labute approximate surface area is 140 Å². The molecule has 1 rings (SSSR count). The van der Waals surface area contributed by atoms with Crippen LogP contribution in [-0.2, 0) is 4.79 Å². The molecule has 0 radical (unpaired) electrons. The van der Waals surface area contributed by atoms with Crippen LogP contribution in [0.5, 0.6) is 0 Å². The zero-order valence-corrected chi connectivity index (χ0v) is 15.2. The van der Waals surface area contributed by atoms with Crippen LogP contribution >= 0.6 is 40.1 Å². The van der Waals surface area contributed by atoms with E-state index in [1.54, 1.807) is 11.8 Å². The maximum atomic E-state index is 12.2. The van der Waals surface area contributed by atoms with E-state index in [0.717, 1.165) is 9.37 Å². The molecule has 0 spiro atoms. The van der Waals surface area contributed by atoms with Gasteiger partial charge in [-0.15, -0.1) is 24.2 Å². The van der Waals surface area contributed by atoms with E-state index in [1.165, 1.54) is 0 Å². The van der Waals surface area contributed by atoms with Crippen molar-refractivity contribution in [2.75, 3.05) is 13.1 Å². The molecule has 1 unspecified atom stereocenters. The number of nitrogens with two attached hydrogens (primary N) is 1. The van der Waals surface area contributed by atoms with Crippen LogP contribution in [0.4, 0.5) is 0 Å². The van der Waals surface area contributed by atoms with Crippen molar-refractivity contribution in [2.24, 2.45) is 11.7 Å². The highest BCUT2D eigenvalue weighted by Gasteiger charge is 2.28. The zero-order valence-electron chi connectivity index (χ0n) is 12.0. The Kier molecular flexibility index (Phi) is 8.82. The molecular weight excluding hydrogens is 360 g/mol. The Morgan fingerprint density at radius 2 is 1.95 bits per heavy atom. The first-order chi connectivity index (χ1) is 8.85. The highest BCUT2D eigenvalue weighted by molar-refractivity contribution is 9.10. The van der Waals surface area contributed by atoms with Gasteiger partial charge in [0.15, 0.2) is 0 Å². The van der Waals surface area contributed by atoms with Crippen molar-refractivity contribution in [3.63, 3.8) is 0 Å². The van der Waals surface area contributed by atoms with Gasteiger partial charge in [0, 0.05) is 15.9 Å². The first-order valence-corrected chi connectivity index (χ1v) is 7.89. The maximum absolute atomic E-state index is 12.2. The van der Waals surface area contributed by atoms with Crippen LogP contribution in [-0.4, -0.2) is 23.7 Å². The zero-order chi connectivity index (χ0) is 14.5. The molecule has 1 aromatic carbocycles. The van der Waals surface area contributed by atoms with Gasteiger partial charge in [0.2, 0.25) is 5.91 Å². The van der Waals surface area contributed by atoms with Crippen LogP contribution in [0.25, 0.3) is 0 Å². The predicted octanol–water partition coefficient (Wildman–Crippen LogP) is 3.45. The first-order valence-electron chi connectivity index (χ1n) is 6.28. The number of hydrogen-bond donors (Lipinski definition) is 2. The maximum Gasteiger partial charge on any atom is 0.236 e. The molecule has 0 aliphatic heterocycles. The van der Waals surface area contributed by atoms with Crippen molar-refractivity contribution in [1.29, 1.82) is 0 Å². The monoisotopic (exact) mass is 380 g/mol. The van der Waals surface area contributed by atoms with E-state index in [-0.39, 0.29) is 18.3 Å². The molecular formula is C14H22BrClN2OS. The molecule has 0 heterocycles. The smallest absolute Gasteiger partial charge is 0.236 e. The van der Waals surface area contributed by atoms with Gasteiger partial charge in [-0.2, -0.15) is 0 Å². The van der Waals surface area contributed by atoms with Gasteiger partial charge in [0.05, 0.1) is 4.75 Å². The molecule has 1 amide bonds. The summed E-state index contributed by atoms with van der Waals surface area (Å²) in [5.41, 5.74) is 5.54. The summed E-state index contributed by atoms with van der Waals surface area (Å²) >= 11 is 4.96. The lowest BCUT2D eigenvalue weighted by Crippen LogP contribution is -2.42. The number of rotatable bonds is 6. The fourth-order valence-corrected chi connectivity index (χ4v) is 2.70. The third-order valence-electron chi connectivity index (χ3n) is 2.75. The topological polar surface area (TPSA) is 55.1 Å². The lowest BCUT2D eigenvalue weighted by molar-refractivity contribution is -0.122. The summed E-state index contributed by atoms with van der Waals surface area (Å²) in [6, 6.07) is 7.97. The van der Waals surface area contributed by atoms with Crippen LogP contribution in [0, 0.1) is 5.92 Å². The third kappa shape index (κ3) is 6.48. The normalized spacial score (nSPS) is 12.4. The second kappa shape index (κ2) is 8.93. The number of halogens is 2. The fourth-order valence-electron chi connectivity index (χ4n) is 1.41. The van der Waals surface area contributed by atoms with Crippen molar-refractivity contribution in [1.82, 2.24) is 5.32 Å². The van der Waals surface area contributed by atoms with E-state index in [2.05, 4.69) is 21.2 Å². The number of benzene rings is 1. The van der Waals surface area contributed by atoms with E-state index in [1.807, 2.05) is 45.0 Å². The summed E-state index contributed by atoms with van der Waals surface area (Å²) in [5, 5.41) is 2.96. The summed E-state index contributed by atoms with van der Waals surface area (Å²) in [6.45, 7) is 7.10. The largest absolute Gasteiger partial charge is 0.355 e. The van der Waals surface area contributed by atoms with Crippen LogP contribution in [0.2, 0.25) is 0 Å². The van der Waals surface area contributed by atoms with Gasteiger partial charge in [-0.25, -0.2) is 0 Å². The Balaban J connectivity index is 0.00000361. The van der Waals surface area contributed by atoms with E-state index < -0.39 is 4.75 Å². The van der Waals surface area contributed by atoms with Gasteiger partial charge in [0.1, 0.15) is 0 Å². The van der Waals surface area contributed by atoms with Crippen molar-refractivity contribution in [2.45, 2.75) is 30.4 Å². The van der Waals surface area contributed by atoms with E-state index in [0.29, 0.717) is 19.0 Å². The number of hydrogen-bond acceptors (Lipinski definition) is 3. The Hall–Kier alpha value is -0.230. The number of nitrogens with one attached hydrogen (secondary N) is 1. The highest BCUT2D eigenvalue weighted by atomic mass is 79.9. The van der Waals surface area contributed by atoms with Gasteiger partial charge in [0.25, 0.3) is 0 Å². The molecule has 1 aromatic rings. The minimum absolute atomic E-state index is 0. The molecule has 1 atom stereocenters. The highest BCUT2D eigenvalue weighted by Crippen LogP contribution is 2.33. The van der Waals surface area contributed by atoms with E-state index in [4.69, 9.17) is 5.73 Å². The summed E-state index contributed by atoms with van der Waals surface area (Å²) < 4.78 is 0.540. The van der Waals surface area contributed by atoms with Gasteiger partial charge in [-0.3, -0.25) is 4.79 Å². The second-order valence-electron chi connectivity index (χ2n) is 5.12. The molecule has 0 bridgehead atoms. The van der Waals surface area contributed by atoms with Gasteiger partial charge < -0.3 is 11.1 Å². The molecule has 20 heavy (non-hydrogen) atoms. The number of amides is 1. The van der Waals surface area contributed by atoms with Crippen molar-refractivity contribution in [3.05, 3.63) is 28.7 Å². The average Bonchev–Trinajstić information content (AvgIpc) is 2.37. The van der Waals surface area contributed by atoms with Crippen LogP contribution in [0.3, 0.4) is 0 Å². The number of thioether (sulfide) groups is 1. The van der Waals surface area contributed by atoms with Crippen LogP contribution in [0.1, 0.15) is 20.8 Å². The summed E-state index contributed by atoms with van der Waals surface area (Å²) in [7, 11) is 0. The molecule has 0 aliphatic carbocycles. The molecule has 0 aromatic heterocycles. The SMILES string of the molecule is CC(CN)CNC(=O)C(C)(C)Sc1ccc(Br)cc1.Cl. The van der Waals surface area contributed by atoms with E-state index >= 15 is 0 Å². The average molecular weight is 382 g/mol. The van der Waals surface area contributed by atoms with Crippen LogP contribution in [0.15, 0.2) is 33.6 Å². The molecule has 0 saturated carbocycles. The van der Waals surface area contributed by atoms with Crippen molar-refractivity contribution < 1.29 is 4.79 Å². The van der Waals surface area contributed by atoms with E-state index in [9.17, 15) is 4.79 Å². The summed E-state index contributed by atoms with van der Waals surface area (Å²) in [4.78, 5) is 13.3. The van der Waals surface area contributed by atoms with Crippen molar-refractivity contribution in [3.8, 4) is 0 Å². The Morgan fingerprint density at radius 3 is 2.45 bits per heavy atom. The lowest BCUT2D eigenvalue weighted by atomic mass is 10.1. The van der Waals surface area contributed by atoms with Gasteiger partial charge in [-0.05, 0) is 50.6 Å². The summed E-state index contributed by atoms with van der Waals surface area (Å²) in [5.74, 6) is 0.346. The Bertz CT molecular complexity index is 426. The number of carbonyl (C=O) groups is 1. The standard InChI is InChI=1S/C14H21BrN2OS.ClH/c1-10(8-16)9-17-13(18)14(2,3)19-12-6-4-11(15)5-7-12;/h4-7,10H,8-9,16H2,1-3H3,(H,17,18);1H. The third-order valence-corrected chi connectivity index (χ3v) is 4.48. The number of carbonyl (C=O) groups excluding carboxylic acids is 1. The second-order valence-corrected chi connectivity index (χ2v) is 7.73. The lowest BCUT2D eigenvalue weighted by Gasteiger charge is -2.24. The van der Waals surface area contributed by atoms with Gasteiger partial charge >= 0.3 is 0 Å². The summed E-state index contributed by atoms with van der Waals surface area (Å²) in [6.07, 6.45) is 0. The molecule has 114 valence electrons. The van der Waals surface area contributed by atoms with Gasteiger partial charge in [-0.1, -0.05) is 22.9 Å². The molecule has 0 saturated heterocycles. The minimum atomic E-state index is -0.498. The first kappa shape index (κ1) is 19.8. The van der Waals surface area contributed by atoms with Crippen LogP contribution < -0.4 is 11.1 Å². The molecule has 3 N–H and O–H groups in total. The van der Waals surface area contributed by atoms with Crippen molar-refractivity contribution >= 4 is 46.0 Å². The minimum Gasteiger partial charge on any atom is -0.355 e.